The number of halogens is 1. The molecule has 3 N–H and O–H groups in total. The SMILES string of the molecule is COCC(C)CNC(=O)Nc1cccc(F)c1C(=O)O. The topological polar surface area (TPSA) is 87.7 Å². The van der Waals surface area contributed by atoms with Gasteiger partial charge in [0.1, 0.15) is 11.4 Å². The summed E-state index contributed by atoms with van der Waals surface area (Å²) < 4.78 is 18.3. The van der Waals surface area contributed by atoms with Crippen LogP contribution >= 0.6 is 0 Å². The Balaban J connectivity index is 2.67. The lowest BCUT2D eigenvalue weighted by molar-refractivity contribution is 0.0693. The van der Waals surface area contributed by atoms with Gasteiger partial charge in [0.25, 0.3) is 0 Å². The summed E-state index contributed by atoms with van der Waals surface area (Å²) in [5.74, 6) is -2.23. The third kappa shape index (κ3) is 4.51. The summed E-state index contributed by atoms with van der Waals surface area (Å²) in [6, 6.07) is 3.07. The summed E-state index contributed by atoms with van der Waals surface area (Å²) in [6.45, 7) is 2.73. The lowest BCUT2D eigenvalue weighted by Crippen LogP contribution is -2.34. The molecule has 1 atom stereocenters. The van der Waals surface area contributed by atoms with Crippen LogP contribution < -0.4 is 10.6 Å². The Morgan fingerprint density at radius 2 is 2.15 bits per heavy atom. The van der Waals surface area contributed by atoms with E-state index in [1.807, 2.05) is 6.92 Å². The first-order valence-corrected chi connectivity index (χ1v) is 6.01. The smallest absolute Gasteiger partial charge is 0.340 e. The number of anilines is 1. The molecule has 0 spiro atoms. The van der Waals surface area contributed by atoms with Crippen molar-refractivity contribution in [1.82, 2.24) is 5.32 Å². The number of aromatic carboxylic acids is 1. The van der Waals surface area contributed by atoms with E-state index < -0.39 is 23.4 Å². The molecule has 0 aliphatic rings. The lowest BCUT2D eigenvalue weighted by atomic mass is 10.1. The van der Waals surface area contributed by atoms with Gasteiger partial charge in [-0.3, -0.25) is 0 Å². The number of hydrogen-bond acceptors (Lipinski definition) is 3. The van der Waals surface area contributed by atoms with E-state index in [1.54, 1.807) is 7.11 Å². The van der Waals surface area contributed by atoms with Crippen LogP contribution in [0.5, 0.6) is 0 Å². The summed E-state index contributed by atoms with van der Waals surface area (Å²) >= 11 is 0. The van der Waals surface area contributed by atoms with E-state index in [-0.39, 0.29) is 11.6 Å². The Hall–Kier alpha value is -2.15. The minimum Gasteiger partial charge on any atom is -0.478 e. The van der Waals surface area contributed by atoms with Gasteiger partial charge in [-0.25, -0.2) is 14.0 Å². The van der Waals surface area contributed by atoms with Gasteiger partial charge in [0.05, 0.1) is 12.3 Å². The third-order valence-electron chi connectivity index (χ3n) is 2.54. The standard InChI is InChI=1S/C13H17FN2O4/c1-8(7-20-2)6-15-13(19)16-10-5-3-4-9(14)11(10)12(17)18/h3-5,8H,6-7H2,1-2H3,(H,17,18)(H2,15,16,19). The molecule has 1 aromatic rings. The van der Waals surface area contributed by atoms with Crippen molar-refractivity contribution in [2.24, 2.45) is 5.92 Å². The van der Waals surface area contributed by atoms with Crippen LogP contribution in [0.2, 0.25) is 0 Å². The fourth-order valence-corrected chi connectivity index (χ4v) is 1.62. The number of amides is 2. The van der Waals surface area contributed by atoms with Crippen LogP contribution in [0.1, 0.15) is 17.3 Å². The molecule has 1 rings (SSSR count). The zero-order valence-electron chi connectivity index (χ0n) is 11.3. The molecule has 1 unspecified atom stereocenters. The van der Waals surface area contributed by atoms with E-state index in [0.29, 0.717) is 13.2 Å². The number of benzene rings is 1. The summed E-state index contributed by atoms with van der Waals surface area (Å²) in [4.78, 5) is 22.6. The van der Waals surface area contributed by atoms with Gasteiger partial charge in [0.2, 0.25) is 0 Å². The highest BCUT2D eigenvalue weighted by Gasteiger charge is 2.17. The van der Waals surface area contributed by atoms with Crippen molar-refractivity contribution < 1.29 is 23.8 Å². The first-order chi connectivity index (χ1) is 9.45. The molecule has 6 nitrogen and oxygen atoms in total. The van der Waals surface area contributed by atoms with Crippen molar-refractivity contribution in [2.75, 3.05) is 25.6 Å². The molecule has 0 fully saturated rings. The van der Waals surface area contributed by atoms with Gasteiger partial charge in [-0.2, -0.15) is 0 Å². The van der Waals surface area contributed by atoms with Crippen LogP contribution in [-0.4, -0.2) is 37.4 Å². The van der Waals surface area contributed by atoms with E-state index in [1.165, 1.54) is 12.1 Å². The summed E-state index contributed by atoms with van der Waals surface area (Å²) in [5.41, 5.74) is -0.651. The quantitative estimate of drug-likeness (QED) is 0.744. The number of carbonyl (C=O) groups excluding carboxylic acids is 1. The minimum atomic E-state index is -1.44. The summed E-state index contributed by atoms with van der Waals surface area (Å²) in [5, 5.41) is 13.8. The normalized spacial score (nSPS) is 11.8. The van der Waals surface area contributed by atoms with E-state index in [2.05, 4.69) is 10.6 Å². The number of hydrogen-bond donors (Lipinski definition) is 3. The largest absolute Gasteiger partial charge is 0.478 e. The number of nitrogens with one attached hydrogen (secondary N) is 2. The first-order valence-electron chi connectivity index (χ1n) is 6.01. The zero-order chi connectivity index (χ0) is 15.1. The van der Waals surface area contributed by atoms with Crippen LogP contribution in [0.15, 0.2) is 18.2 Å². The predicted octanol–water partition coefficient (Wildman–Crippen LogP) is 1.93. The number of carbonyl (C=O) groups is 2. The maximum Gasteiger partial charge on any atom is 0.340 e. The van der Waals surface area contributed by atoms with Gasteiger partial charge >= 0.3 is 12.0 Å². The number of rotatable bonds is 6. The summed E-state index contributed by atoms with van der Waals surface area (Å²) in [7, 11) is 1.56. The van der Waals surface area contributed by atoms with Gasteiger partial charge in [-0.05, 0) is 18.1 Å². The number of methoxy groups -OCH3 is 1. The second-order valence-corrected chi connectivity index (χ2v) is 4.36. The van der Waals surface area contributed by atoms with Crippen molar-refractivity contribution in [3.05, 3.63) is 29.6 Å². The third-order valence-corrected chi connectivity index (χ3v) is 2.54. The first kappa shape index (κ1) is 15.9. The fourth-order valence-electron chi connectivity index (χ4n) is 1.62. The molecule has 7 heteroatoms. The van der Waals surface area contributed by atoms with Crippen molar-refractivity contribution in [3.8, 4) is 0 Å². The molecule has 2 amide bonds. The van der Waals surface area contributed by atoms with E-state index in [4.69, 9.17) is 9.84 Å². The summed E-state index contributed by atoms with van der Waals surface area (Å²) in [6.07, 6.45) is 0. The molecule has 1 aromatic carbocycles. The highest BCUT2D eigenvalue weighted by atomic mass is 19.1. The van der Waals surface area contributed by atoms with Crippen molar-refractivity contribution in [1.29, 1.82) is 0 Å². The number of carboxylic acid groups (broad SMARTS) is 1. The molecule has 0 heterocycles. The van der Waals surface area contributed by atoms with Gasteiger partial charge in [-0.15, -0.1) is 0 Å². The molecule has 110 valence electrons. The number of ether oxygens (including phenoxy) is 1. The molecule has 0 saturated carbocycles. The number of urea groups is 1. The molecular formula is C13H17FN2O4. The molecule has 0 aliphatic heterocycles. The average Bonchev–Trinajstić information content (AvgIpc) is 2.36. The highest BCUT2D eigenvalue weighted by molar-refractivity contribution is 6.00. The Kier molecular flexibility index (Phi) is 5.92. The predicted molar refractivity (Wildman–Crippen MR) is 71.4 cm³/mol. The molecule has 0 radical (unpaired) electrons. The maximum atomic E-state index is 13.4. The Morgan fingerprint density at radius 1 is 1.45 bits per heavy atom. The Morgan fingerprint density at radius 3 is 2.75 bits per heavy atom. The van der Waals surface area contributed by atoms with E-state index >= 15 is 0 Å². The van der Waals surface area contributed by atoms with Crippen LogP contribution in [0.4, 0.5) is 14.9 Å². The monoisotopic (exact) mass is 284 g/mol. The molecule has 0 aliphatic carbocycles. The van der Waals surface area contributed by atoms with Gasteiger partial charge in [-0.1, -0.05) is 13.0 Å². The van der Waals surface area contributed by atoms with Gasteiger partial charge in [0, 0.05) is 13.7 Å². The minimum absolute atomic E-state index is 0.0885. The number of carboxylic acids is 1. The molecular weight excluding hydrogens is 267 g/mol. The van der Waals surface area contributed by atoms with Gasteiger partial charge in [0.15, 0.2) is 0 Å². The van der Waals surface area contributed by atoms with Crippen LogP contribution in [-0.2, 0) is 4.74 Å². The van der Waals surface area contributed by atoms with E-state index in [9.17, 15) is 14.0 Å². The zero-order valence-corrected chi connectivity index (χ0v) is 11.3. The molecule has 20 heavy (non-hydrogen) atoms. The molecule has 0 saturated heterocycles. The van der Waals surface area contributed by atoms with Crippen LogP contribution in [0.3, 0.4) is 0 Å². The lowest BCUT2D eigenvalue weighted by Gasteiger charge is -2.13. The van der Waals surface area contributed by atoms with Crippen molar-refractivity contribution in [3.63, 3.8) is 0 Å². The van der Waals surface area contributed by atoms with Crippen molar-refractivity contribution >= 4 is 17.7 Å². The Bertz CT molecular complexity index is 493. The van der Waals surface area contributed by atoms with Crippen molar-refractivity contribution in [2.45, 2.75) is 6.92 Å². The van der Waals surface area contributed by atoms with Gasteiger partial charge < -0.3 is 20.5 Å². The fraction of sp³-hybridized carbons (Fsp3) is 0.385. The maximum absolute atomic E-state index is 13.4. The average molecular weight is 284 g/mol. The highest BCUT2D eigenvalue weighted by Crippen LogP contribution is 2.18. The Labute approximate surface area is 115 Å². The van der Waals surface area contributed by atoms with Crippen LogP contribution in [0.25, 0.3) is 0 Å². The van der Waals surface area contributed by atoms with Crippen LogP contribution in [0, 0.1) is 11.7 Å². The molecule has 0 aromatic heterocycles. The van der Waals surface area contributed by atoms with E-state index in [0.717, 1.165) is 6.07 Å². The second kappa shape index (κ2) is 7.44. The molecule has 0 bridgehead atoms. The second-order valence-electron chi connectivity index (χ2n) is 4.36.